The molecular weight excluding hydrogens is 416 g/mol. The van der Waals surface area contributed by atoms with Crippen molar-refractivity contribution >= 4 is 33.0 Å². The van der Waals surface area contributed by atoms with Crippen LogP contribution in [0, 0.1) is 27.2 Å². The summed E-state index contributed by atoms with van der Waals surface area (Å²) in [6.45, 7) is 5.37. The van der Waals surface area contributed by atoms with Gasteiger partial charge in [-0.1, -0.05) is 13.8 Å². The number of amides is 1. The first kappa shape index (κ1) is 22.9. The standard InChI is InChI=1S/C18H20N4O7S/c1-4-20(5-2)30(28,29)15-8-6-13(7-9-15)19-18(23)16-10-14(21(24)25)11-17(12(16)3)22(26)27/h6-11H,4-5H2,1-3H3,(H,19,23). The van der Waals surface area contributed by atoms with E-state index >= 15 is 0 Å². The number of hydrogen-bond acceptors (Lipinski definition) is 7. The summed E-state index contributed by atoms with van der Waals surface area (Å²) in [4.78, 5) is 33.2. The second-order valence-electron chi connectivity index (χ2n) is 6.22. The molecule has 1 amide bonds. The van der Waals surface area contributed by atoms with Gasteiger partial charge in [0.2, 0.25) is 10.0 Å². The minimum atomic E-state index is -3.66. The average Bonchev–Trinajstić information content (AvgIpc) is 2.68. The predicted molar refractivity (Wildman–Crippen MR) is 109 cm³/mol. The van der Waals surface area contributed by atoms with Crippen molar-refractivity contribution < 1.29 is 23.1 Å². The van der Waals surface area contributed by atoms with Crippen LogP contribution < -0.4 is 5.32 Å². The third kappa shape index (κ3) is 4.60. The van der Waals surface area contributed by atoms with E-state index in [-0.39, 0.29) is 21.7 Å². The molecule has 0 fully saturated rings. The second-order valence-corrected chi connectivity index (χ2v) is 8.16. The van der Waals surface area contributed by atoms with Gasteiger partial charge in [0.15, 0.2) is 0 Å². The van der Waals surface area contributed by atoms with Gasteiger partial charge in [-0.05, 0) is 31.2 Å². The number of carbonyl (C=O) groups is 1. The van der Waals surface area contributed by atoms with Crippen LogP contribution in [0.2, 0.25) is 0 Å². The van der Waals surface area contributed by atoms with E-state index in [2.05, 4.69) is 5.32 Å². The maximum absolute atomic E-state index is 12.6. The smallest absolute Gasteiger partial charge is 0.279 e. The molecule has 160 valence electrons. The van der Waals surface area contributed by atoms with Gasteiger partial charge in [0.1, 0.15) is 0 Å². The summed E-state index contributed by atoms with van der Waals surface area (Å²) in [5.41, 5.74) is -1.15. The highest BCUT2D eigenvalue weighted by Crippen LogP contribution is 2.29. The number of nitro groups is 2. The number of nitro benzene ring substituents is 2. The first-order valence-corrected chi connectivity index (χ1v) is 10.3. The van der Waals surface area contributed by atoms with Crippen LogP contribution in [0.25, 0.3) is 0 Å². The summed E-state index contributed by atoms with van der Waals surface area (Å²) in [6.07, 6.45) is 0. The van der Waals surface area contributed by atoms with E-state index < -0.39 is 37.2 Å². The monoisotopic (exact) mass is 436 g/mol. The molecule has 0 aromatic heterocycles. The highest BCUT2D eigenvalue weighted by Gasteiger charge is 2.25. The number of carbonyl (C=O) groups excluding carboxylic acids is 1. The number of nitrogens with zero attached hydrogens (tertiary/aromatic N) is 3. The van der Waals surface area contributed by atoms with Crippen LogP contribution in [0.3, 0.4) is 0 Å². The molecule has 2 rings (SSSR count). The molecule has 0 aliphatic rings. The lowest BCUT2D eigenvalue weighted by atomic mass is 10.0. The van der Waals surface area contributed by atoms with Gasteiger partial charge in [-0.25, -0.2) is 8.42 Å². The highest BCUT2D eigenvalue weighted by molar-refractivity contribution is 7.89. The lowest BCUT2D eigenvalue weighted by molar-refractivity contribution is -0.394. The van der Waals surface area contributed by atoms with Crippen molar-refractivity contribution in [2.45, 2.75) is 25.7 Å². The molecule has 1 N–H and O–H groups in total. The molecule has 0 radical (unpaired) electrons. The van der Waals surface area contributed by atoms with Gasteiger partial charge in [-0.2, -0.15) is 4.31 Å². The van der Waals surface area contributed by atoms with Crippen molar-refractivity contribution in [1.29, 1.82) is 0 Å². The third-order valence-corrected chi connectivity index (χ3v) is 6.54. The molecule has 0 atom stereocenters. The Kier molecular flexibility index (Phi) is 6.84. The Hall–Kier alpha value is -3.38. The molecule has 0 aliphatic carbocycles. The Morgan fingerprint density at radius 1 is 1.03 bits per heavy atom. The summed E-state index contributed by atoms with van der Waals surface area (Å²) >= 11 is 0. The summed E-state index contributed by atoms with van der Waals surface area (Å²) in [7, 11) is -3.66. The van der Waals surface area contributed by atoms with Gasteiger partial charge in [-0.15, -0.1) is 0 Å². The van der Waals surface area contributed by atoms with Crippen molar-refractivity contribution in [3.63, 3.8) is 0 Å². The second kappa shape index (κ2) is 8.97. The van der Waals surface area contributed by atoms with Gasteiger partial charge in [0, 0.05) is 30.4 Å². The molecule has 0 saturated heterocycles. The van der Waals surface area contributed by atoms with E-state index in [4.69, 9.17) is 0 Å². The molecule has 0 saturated carbocycles. The molecule has 2 aromatic carbocycles. The fraction of sp³-hybridized carbons (Fsp3) is 0.278. The van der Waals surface area contributed by atoms with Gasteiger partial charge in [-0.3, -0.25) is 25.0 Å². The molecule has 0 bridgehead atoms. The Labute approximate surface area is 172 Å². The van der Waals surface area contributed by atoms with Crippen molar-refractivity contribution in [2.24, 2.45) is 0 Å². The molecule has 11 nitrogen and oxygen atoms in total. The Balaban J connectivity index is 2.35. The largest absolute Gasteiger partial charge is 0.322 e. The van der Waals surface area contributed by atoms with Crippen LogP contribution in [-0.4, -0.2) is 41.6 Å². The van der Waals surface area contributed by atoms with Crippen molar-refractivity contribution in [1.82, 2.24) is 4.31 Å². The lowest BCUT2D eigenvalue weighted by Gasteiger charge is -2.18. The summed E-state index contributed by atoms with van der Waals surface area (Å²) in [5.74, 6) is -0.793. The topological polar surface area (TPSA) is 153 Å². The molecule has 30 heavy (non-hydrogen) atoms. The Morgan fingerprint density at radius 2 is 1.60 bits per heavy atom. The zero-order chi connectivity index (χ0) is 22.6. The fourth-order valence-electron chi connectivity index (χ4n) is 2.84. The van der Waals surface area contributed by atoms with Crippen LogP contribution in [0.1, 0.15) is 29.8 Å². The molecule has 0 unspecified atom stereocenters. The maximum atomic E-state index is 12.6. The SMILES string of the molecule is CCN(CC)S(=O)(=O)c1ccc(NC(=O)c2cc([N+](=O)[O-])cc([N+](=O)[O-])c2C)cc1. The van der Waals surface area contributed by atoms with E-state index in [1.807, 2.05) is 0 Å². The minimum Gasteiger partial charge on any atom is -0.322 e. The number of anilines is 1. The maximum Gasteiger partial charge on any atom is 0.279 e. The number of nitrogens with one attached hydrogen (secondary N) is 1. The summed E-state index contributed by atoms with van der Waals surface area (Å²) in [6, 6.07) is 7.14. The van der Waals surface area contributed by atoms with Gasteiger partial charge >= 0.3 is 0 Å². The summed E-state index contributed by atoms with van der Waals surface area (Å²) in [5, 5.41) is 24.7. The first-order valence-electron chi connectivity index (χ1n) is 8.87. The van der Waals surface area contributed by atoms with E-state index in [1.165, 1.54) is 35.5 Å². The average molecular weight is 436 g/mol. The molecule has 2 aromatic rings. The number of hydrogen-bond donors (Lipinski definition) is 1. The van der Waals surface area contributed by atoms with E-state index in [9.17, 15) is 33.4 Å². The Morgan fingerprint density at radius 3 is 2.07 bits per heavy atom. The summed E-state index contributed by atoms with van der Waals surface area (Å²) < 4.78 is 26.3. The van der Waals surface area contributed by atoms with Crippen LogP contribution >= 0.6 is 0 Å². The molecular formula is C18H20N4O7S. The van der Waals surface area contributed by atoms with E-state index in [1.54, 1.807) is 13.8 Å². The van der Waals surface area contributed by atoms with Gasteiger partial charge < -0.3 is 5.32 Å². The molecule has 12 heteroatoms. The Bertz CT molecular complexity index is 1090. The van der Waals surface area contributed by atoms with Crippen molar-refractivity contribution in [2.75, 3.05) is 18.4 Å². The van der Waals surface area contributed by atoms with Crippen LogP contribution in [0.15, 0.2) is 41.3 Å². The molecule has 0 spiro atoms. The third-order valence-electron chi connectivity index (χ3n) is 4.47. The zero-order valence-electron chi connectivity index (χ0n) is 16.5. The molecule has 0 heterocycles. The van der Waals surface area contributed by atoms with Crippen LogP contribution in [-0.2, 0) is 10.0 Å². The van der Waals surface area contributed by atoms with Gasteiger partial charge in [0.05, 0.1) is 26.4 Å². The predicted octanol–water partition coefficient (Wildman–Crippen LogP) is 3.09. The normalized spacial score (nSPS) is 11.3. The lowest BCUT2D eigenvalue weighted by Crippen LogP contribution is -2.30. The van der Waals surface area contributed by atoms with Crippen molar-refractivity contribution in [3.8, 4) is 0 Å². The van der Waals surface area contributed by atoms with E-state index in [0.29, 0.717) is 13.1 Å². The first-order chi connectivity index (χ1) is 14.0. The fourth-order valence-corrected chi connectivity index (χ4v) is 4.29. The number of non-ortho nitro benzene ring substituents is 1. The van der Waals surface area contributed by atoms with Gasteiger partial charge in [0.25, 0.3) is 17.3 Å². The van der Waals surface area contributed by atoms with E-state index in [0.717, 1.165) is 12.1 Å². The zero-order valence-corrected chi connectivity index (χ0v) is 17.3. The number of benzene rings is 2. The number of sulfonamides is 1. The quantitative estimate of drug-likeness (QED) is 0.493. The minimum absolute atomic E-state index is 0.0242. The van der Waals surface area contributed by atoms with Crippen LogP contribution in [0.5, 0.6) is 0 Å². The molecule has 0 aliphatic heterocycles. The van der Waals surface area contributed by atoms with Crippen molar-refractivity contribution in [3.05, 3.63) is 67.8 Å². The highest BCUT2D eigenvalue weighted by atomic mass is 32.2. The van der Waals surface area contributed by atoms with Crippen LogP contribution in [0.4, 0.5) is 17.1 Å². The number of rotatable bonds is 8.